The van der Waals surface area contributed by atoms with Gasteiger partial charge in [-0.25, -0.2) is 4.39 Å². The number of hydrogen-bond acceptors (Lipinski definition) is 2. The topological polar surface area (TPSA) is 40.7 Å². The lowest BCUT2D eigenvalue weighted by Gasteiger charge is -2.04. The lowest BCUT2D eigenvalue weighted by Crippen LogP contribution is -2.00. The van der Waals surface area contributed by atoms with Gasteiger partial charge in [0.25, 0.3) is 0 Å². The van der Waals surface area contributed by atoms with E-state index in [0.29, 0.717) is 6.42 Å². The number of aromatic amines is 1. The lowest BCUT2D eigenvalue weighted by molar-refractivity contribution is 0.628. The smallest absolute Gasteiger partial charge is 0.123 e. The summed E-state index contributed by atoms with van der Waals surface area (Å²) >= 11 is 0. The summed E-state index contributed by atoms with van der Waals surface area (Å²) in [5.74, 6) is -0.259. The molecule has 0 atom stereocenters. The largest absolute Gasteiger partial charge is 0.366 e. The Bertz CT molecular complexity index is 666. The Morgan fingerprint density at radius 3 is 2.67 bits per heavy atom. The van der Waals surface area contributed by atoms with Crippen LogP contribution in [0.2, 0.25) is 0 Å². The first-order valence-corrected chi connectivity index (χ1v) is 6.65. The van der Waals surface area contributed by atoms with E-state index in [9.17, 15) is 4.39 Å². The van der Waals surface area contributed by atoms with Crippen LogP contribution in [-0.2, 0) is 6.42 Å². The van der Waals surface area contributed by atoms with Crippen LogP contribution in [0.1, 0.15) is 18.2 Å². The lowest BCUT2D eigenvalue weighted by atomic mass is 10.0. The fourth-order valence-corrected chi connectivity index (χ4v) is 2.08. The first kappa shape index (κ1) is 14.8. The highest BCUT2D eigenvalue weighted by Crippen LogP contribution is 2.25. The van der Waals surface area contributed by atoms with Gasteiger partial charge in [-0.1, -0.05) is 19.2 Å². The molecule has 2 aromatic rings. The monoisotopic (exact) mass is 283 g/mol. The van der Waals surface area contributed by atoms with E-state index in [0.717, 1.165) is 28.2 Å². The Balaban J connectivity index is 2.37. The Hall–Kier alpha value is -2.62. The first-order valence-electron chi connectivity index (χ1n) is 6.65. The quantitative estimate of drug-likeness (QED) is 0.840. The number of aromatic nitrogens is 2. The van der Waals surface area contributed by atoms with Crippen LogP contribution in [-0.4, -0.2) is 10.2 Å². The van der Waals surface area contributed by atoms with E-state index in [1.165, 1.54) is 12.1 Å². The Labute approximate surface area is 123 Å². The van der Waals surface area contributed by atoms with Gasteiger partial charge in [0.1, 0.15) is 5.82 Å². The molecule has 0 aliphatic carbocycles. The maximum absolute atomic E-state index is 13.0. The molecule has 1 aromatic heterocycles. The van der Waals surface area contributed by atoms with E-state index >= 15 is 0 Å². The van der Waals surface area contributed by atoms with Gasteiger partial charge in [0.2, 0.25) is 0 Å². The third-order valence-corrected chi connectivity index (χ3v) is 3.16. The van der Waals surface area contributed by atoms with Gasteiger partial charge in [-0.2, -0.15) is 5.10 Å². The normalized spacial score (nSPS) is 11.2. The van der Waals surface area contributed by atoms with E-state index in [2.05, 4.69) is 28.7 Å². The third kappa shape index (κ3) is 3.48. The zero-order valence-electron chi connectivity index (χ0n) is 12.0. The van der Waals surface area contributed by atoms with Crippen molar-refractivity contribution in [2.75, 3.05) is 0 Å². The first-order chi connectivity index (χ1) is 10.2. The highest BCUT2D eigenvalue weighted by molar-refractivity contribution is 5.68. The van der Waals surface area contributed by atoms with Gasteiger partial charge in [0.15, 0.2) is 0 Å². The molecule has 0 aliphatic rings. The maximum atomic E-state index is 13.0. The Morgan fingerprint density at radius 2 is 2.05 bits per heavy atom. The number of benzene rings is 1. The van der Waals surface area contributed by atoms with E-state index in [1.54, 1.807) is 24.4 Å². The van der Waals surface area contributed by atoms with Crippen molar-refractivity contribution in [2.24, 2.45) is 0 Å². The van der Waals surface area contributed by atoms with Gasteiger partial charge in [0, 0.05) is 16.8 Å². The molecule has 0 spiro atoms. The molecule has 3 nitrogen and oxygen atoms in total. The third-order valence-electron chi connectivity index (χ3n) is 3.16. The molecule has 1 aromatic carbocycles. The minimum atomic E-state index is -0.259. The molecule has 0 saturated carbocycles. The van der Waals surface area contributed by atoms with Crippen LogP contribution in [0.3, 0.4) is 0 Å². The molecule has 0 saturated heterocycles. The molecular weight excluding hydrogens is 265 g/mol. The van der Waals surface area contributed by atoms with E-state index < -0.39 is 0 Å². The zero-order valence-corrected chi connectivity index (χ0v) is 12.0. The number of H-pyrrole nitrogens is 1. The zero-order chi connectivity index (χ0) is 15.2. The maximum Gasteiger partial charge on any atom is 0.123 e. The summed E-state index contributed by atoms with van der Waals surface area (Å²) in [4.78, 5) is 0. The van der Waals surface area contributed by atoms with E-state index in [1.807, 2.05) is 13.0 Å². The van der Waals surface area contributed by atoms with E-state index in [-0.39, 0.29) is 5.82 Å². The Kier molecular flexibility index (Phi) is 4.72. The minimum absolute atomic E-state index is 0.259. The number of halogens is 1. The summed E-state index contributed by atoms with van der Waals surface area (Å²) in [7, 11) is 0. The fraction of sp³-hybridized carbons (Fsp3) is 0.118. The van der Waals surface area contributed by atoms with Crippen LogP contribution >= 0.6 is 0 Å². The van der Waals surface area contributed by atoms with Gasteiger partial charge in [-0.3, -0.25) is 5.10 Å². The summed E-state index contributed by atoms with van der Waals surface area (Å²) < 4.78 is 13.0. The van der Waals surface area contributed by atoms with Crippen molar-refractivity contribution in [3.63, 3.8) is 0 Å². The standard InChI is InChI=1S/C17H18FN3/c1-4-16-15(11-6-12(3)19-5-2)17(21-20-16)13-7-9-14(18)10-8-13/h4-10,19H,1-2,11H2,3H3,(H,20,21)/b12-6+. The molecule has 1 heterocycles. The molecule has 2 N–H and O–H groups in total. The predicted octanol–water partition coefficient (Wildman–Crippen LogP) is 4.04. The van der Waals surface area contributed by atoms with Crippen LogP contribution in [0.15, 0.2) is 55.4 Å². The van der Waals surface area contributed by atoms with Crippen molar-refractivity contribution in [1.29, 1.82) is 0 Å². The highest BCUT2D eigenvalue weighted by Gasteiger charge is 2.12. The van der Waals surface area contributed by atoms with Crippen LogP contribution in [0.5, 0.6) is 0 Å². The van der Waals surface area contributed by atoms with Crippen LogP contribution < -0.4 is 5.32 Å². The van der Waals surface area contributed by atoms with Crippen LogP contribution in [0.4, 0.5) is 4.39 Å². The fourth-order valence-electron chi connectivity index (χ4n) is 2.08. The second-order valence-corrected chi connectivity index (χ2v) is 4.62. The molecule has 0 fully saturated rings. The number of rotatable bonds is 6. The molecule has 0 radical (unpaired) electrons. The number of nitrogens with one attached hydrogen (secondary N) is 2. The molecular formula is C17H18FN3. The average molecular weight is 283 g/mol. The predicted molar refractivity (Wildman–Crippen MR) is 84.9 cm³/mol. The molecule has 4 heteroatoms. The van der Waals surface area contributed by atoms with Crippen molar-refractivity contribution in [1.82, 2.24) is 15.5 Å². The number of hydrogen-bond donors (Lipinski definition) is 2. The van der Waals surface area contributed by atoms with Crippen molar-refractivity contribution in [2.45, 2.75) is 13.3 Å². The summed E-state index contributed by atoms with van der Waals surface area (Å²) in [6, 6.07) is 6.31. The molecule has 0 aliphatic heterocycles. The average Bonchev–Trinajstić information content (AvgIpc) is 2.89. The van der Waals surface area contributed by atoms with E-state index in [4.69, 9.17) is 0 Å². The van der Waals surface area contributed by atoms with Gasteiger partial charge in [-0.05, 0) is 49.9 Å². The molecule has 2 rings (SSSR count). The van der Waals surface area contributed by atoms with Gasteiger partial charge in [0.05, 0.1) is 11.4 Å². The summed E-state index contributed by atoms with van der Waals surface area (Å²) in [5, 5.41) is 10.3. The Morgan fingerprint density at radius 1 is 1.33 bits per heavy atom. The van der Waals surface area contributed by atoms with Crippen molar-refractivity contribution >= 4 is 6.08 Å². The van der Waals surface area contributed by atoms with Gasteiger partial charge < -0.3 is 5.32 Å². The van der Waals surface area contributed by atoms with Crippen molar-refractivity contribution in [3.8, 4) is 11.3 Å². The summed E-state index contributed by atoms with van der Waals surface area (Å²) in [6.07, 6.45) is 6.11. The molecule has 21 heavy (non-hydrogen) atoms. The van der Waals surface area contributed by atoms with Gasteiger partial charge >= 0.3 is 0 Å². The molecule has 108 valence electrons. The molecule has 0 bridgehead atoms. The highest BCUT2D eigenvalue weighted by atomic mass is 19.1. The second kappa shape index (κ2) is 6.70. The van der Waals surface area contributed by atoms with Crippen molar-refractivity contribution in [3.05, 3.63) is 72.5 Å². The summed E-state index contributed by atoms with van der Waals surface area (Å²) in [5.41, 5.74) is 4.59. The van der Waals surface area contributed by atoms with Gasteiger partial charge in [-0.15, -0.1) is 0 Å². The number of nitrogens with zero attached hydrogens (tertiary/aromatic N) is 1. The second-order valence-electron chi connectivity index (χ2n) is 4.62. The molecule has 0 amide bonds. The van der Waals surface area contributed by atoms with Crippen LogP contribution in [0.25, 0.3) is 17.3 Å². The minimum Gasteiger partial charge on any atom is -0.366 e. The SMILES string of the molecule is C=CN/C(C)=C/Cc1c(-c2ccc(F)cc2)n[nH]c1C=C. The van der Waals surface area contributed by atoms with Crippen molar-refractivity contribution < 1.29 is 4.39 Å². The number of allylic oxidation sites excluding steroid dienone is 2. The van der Waals surface area contributed by atoms with Crippen LogP contribution in [0, 0.1) is 5.82 Å². The summed E-state index contributed by atoms with van der Waals surface area (Å²) in [6.45, 7) is 9.39. The molecule has 0 unspecified atom stereocenters.